The predicted octanol–water partition coefficient (Wildman–Crippen LogP) is 4.13. The molecule has 0 unspecified atom stereocenters. The zero-order valence-corrected chi connectivity index (χ0v) is 15.0. The molecule has 136 valence electrons. The highest BCUT2D eigenvalue weighted by molar-refractivity contribution is 6.04. The van der Waals surface area contributed by atoms with E-state index in [9.17, 15) is 14.0 Å². The van der Waals surface area contributed by atoms with Crippen LogP contribution in [0.3, 0.4) is 0 Å². The summed E-state index contributed by atoms with van der Waals surface area (Å²) in [4.78, 5) is 25.7. The summed E-state index contributed by atoms with van der Waals surface area (Å²) >= 11 is 0. The van der Waals surface area contributed by atoms with Gasteiger partial charge in [-0.05, 0) is 49.2 Å². The van der Waals surface area contributed by atoms with Crippen molar-refractivity contribution in [3.8, 4) is 0 Å². The van der Waals surface area contributed by atoms with Gasteiger partial charge in [-0.1, -0.05) is 36.4 Å². The molecule has 4 nitrogen and oxygen atoms in total. The molecule has 0 aromatic heterocycles. The van der Waals surface area contributed by atoms with Gasteiger partial charge in [0.15, 0.2) is 0 Å². The number of hydrogen-bond donors (Lipinski definition) is 0. The molecule has 0 saturated heterocycles. The Bertz CT molecular complexity index is 782. The van der Waals surface area contributed by atoms with Gasteiger partial charge in [0.2, 0.25) is 5.91 Å². The third kappa shape index (κ3) is 5.28. The highest BCUT2D eigenvalue weighted by Gasteiger charge is 2.21. The highest BCUT2D eigenvalue weighted by Crippen LogP contribution is 2.21. The van der Waals surface area contributed by atoms with Gasteiger partial charge in [-0.15, -0.1) is 0 Å². The van der Waals surface area contributed by atoms with Crippen molar-refractivity contribution in [2.75, 3.05) is 18.1 Å². The van der Waals surface area contributed by atoms with E-state index in [1.54, 1.807) is 6.92 Å². The molecular weight excluding hydrogens is 333 g/mol. The number of esters is 1. The van der Waals surface area contributed by atoms with Gasteiger partial charge in [0, 0.05) is 5.69 Å². The van der Waals surface area contributed by atoms with E-state index < -0.39 is 17.7 Å². The Morgan fingerprint density at radius 1 is 1.08 bits per heavy atom. The minimum absolute atomic E-state index is 0.187. The van der Waals surface area contributed by atoms with Crippen molar-refractivity contribution in [1.82, 2.24) is 0 Å². The number of aryl methyl sites for hydroxylation is 1. The number of benzene rings is 2. The molecule has 26 heavy (non-hydrogen) atoms. The largest absolute Gasteiger partial charge is 0.466 e. The summed E-state index contributed by atoms with van der Waals surface area (Å²) in [5.41, 5.74) is 3.22. The molecule has 0 saturated carbocycles. The van der Waals surface area contributed by atoms with Crippen molar-refractivity contribution >= 4 is 23.1 Å². The molecule has 0 N–H and O–H groups in total. The molecule has 0 spiro atoms. The van der Waals surface area contributed by atoms with Crippen LogP contribution in [0.25, 0.3) is 5.57 Å². The molecule has 0 aliphatic rings. The van der Waals surface area contributed by atoms with Crippen molar-refractivity contribution in [2.45, 2.75) is 20.3 Å². The zero-order chi connectivity index (χ0) is 19.1. The van der Waals surface area contributed by atoms with Crippen LogP contribution in [0, 0.1) is 12.7 Å². The Morgan fingerprint density at radius 3 is 2.27 bits per heavy atom. The van der Waals surface area contributed by atoms with Crippen molar-refractivity contribution in [3.05, 3.63) is 72.1 Å². The van der Waals surface area contributed by atoms with E-state index in [1.165, 1.54) is 29.2 Å². The first-order valence-corrected chi connectivity index (χ1v) is 8.37. The Labute approximate surface area is 152 Å². The SMILES string of the molecule is C=C(CN(C(=O)CC(=O)OCC)c1ccc(F)cc1)c1ccc(C)cc1. The lowest BCUT2D eigenvalue weighted by atomic mass is 10.0. The van der Waals surface area contributed by atoms with E-state index >= 15 is 0 Å². The van der Waals surface area contributed by atoms with Crippen LogP contribution < -0.4 is 4.90 Å². The van der Waals surface area contributed by atoms with Crippen LogP contribution in [0.5, 0.6) is 0 Å². The second-order valence-corrected chi connectivity index (χ2v) is 5.91. The number of carbonyl (C=O) groups excluding carboxylic acids is 2. The van der Waals surface area contributed by atoms with Crippen molar-refractivity contribution in [2.24, 2.45) is 0 Å². The fourth-order valence-electron chi connectivity index (χ4n) is 2.45. The lowest BCUT2D eigenvalue weighted by Gasteiger charge is -2.24. The fraction of sp³-hybridized carbons (Fsp3) is 0.238. The molecule has 0 fully saturated rings. The van der Waals surface area contributed by atoms with E-state index in [4.69, 9.17) is 4.74 Å². The molecule has 2 rings (SSSR count). The average Bonchev–Trinajstić information content (AvgIpc) is 2.61. The highest BCUT2D eigenvalue weighted by atomic mass is 19.1. The van der Waals surface area contributed by atoms with E-state index in [-0.39, 0.29) is 19.6 Å². The lowest BCUT2D eigenvalue weighted by Crippen LogP contribution is -2.34. The van der Waals surface area contributed by atoms with Crippen molar-refractivity contribution in [1.29, 1.82) is 0 Å². The number of amides is 1. The van der Waals surface area contributed by atoms with Crippen LogP contribution in [-0.4, -0.2) is 25.0 Å². The van der Waals surface area contributed by atoms with Crippen LogP contribution >= 0.6 is 0 Å². The van der Waals surface area contributed by atoms with Crippen LogP contribution in [0.4, 0.5) is 10.1 Å². The number of anilines is 1. The molecule has 1 amide bonds. The number of rotatable bonds is 7. The quantitative estimate of drug-likeness (QED) is 0.554. The van der Waals surface area contributed by atoms with Crippen LogP contribution in [-0.2, 0) is 14.3 Å². The molecule has 2 aromatic rings. The second-order valence-electron chi connectivity index (χ2n) is 5.91. The third-order valence-corrected chi connectivity index (χ3v) is 3.85. The predicted molar refractivity (Wildman–Crippen MR) is 100 cm³/mol. The number of carbonyl (C=O) groups is 2. The third-order valence-electron chi connectivity index (χ3n) is 3.85. The van der Waals surface area contributed by atoms with Crippen LogP contribution in [0.2, 0.25) is 0 Å². The van der Waals surface area contributed by atoms with Gasteiger partial charge in [-0.25, -0.2) is 4.39 Å². The summed E-state index contributed by atoms with van der Waals surface area (Å²) in [6.07, 6.45) is -0.383. The van der Waals surface area contributed by atoms with Gasteiger partial charge in [0.1, 0.15) is 12.2 Å². The zero-order valence-electron chi connectivity index (χ0n) is 15.0. The Morgan fingerprint density at radius 2 is 1.69 bits per heavy atom. The summed E-state index contributed by atoms with van der Waals surface area (Å²) in [7, 11) is 0. The molecule has 0 atom stereocenters. The van der Waals surface area contributed by atoms with Crippen LogP contribution in [0.15, 0.2) is 55.1 Å². The molecule has 5 heteroatoms. The smallest absolute Gasteiger partial charge is 0.315 e. The summed E-state index contributed by atoms with van der Waals surface area (Å²) in [6, 6.07) is 13.3. The first kappa shape index (κ1) is 19.4. The van der Waals surface area contributed by atoms with Gasteiger partial charge < -0.3 is 9.64 Å². The maximum absolute atomic E-state index is 13.2. The number of nitrogens with zero attached hydrogens (tertiary/aromatic N) is 1. The monoisotopic (exact) mass is 355 g/mol. The van der Waals surface area contributed by atoms with E-state index in [0.717, 1.165) is 11.1 Å². The lowest BCUT2D eigenvalue weighted by molar-refractivity contribution is -0.145. The van der Waals surface area contributed by atoms with Gasteiger partial charge in [0.05, 0.1) is 13.2 Å². The van der Waals surface area contributed by atoms with Gasteiger partial charge in [-0.3, -0.25) is 9.59 Å². The van der Waals surface area contributed by atoms with Crippen molar-refractivity contribution < 1.29 is 18.7 Å². The minimum Gasteiger partial charge on any atom is -0.466 e. The number of ether oxygens (including phenoxy) is 1. The van der Waals surface area contributed by atoms with E-state index in [2.05, 4.69) is 6.58 Å². The molecule has 2 aromatic carbocycles. The number of halogens is 1. The molecule has 0 bridgehead atoms. The normalized spacial score (nSPS) is 10.3. The van der Waals surface area contributed by atoms with Gasteiger partial charge >= 0.3 is 5.97 Å². The Kier molecular flexibility index (Phi) is 6.67. The van der Waals surface area contributed by atoms with Gasteiger partial charge in [-0.2, -0.15) is 0 Å². The Balaban J connectivity index is 2.23. The van der Waals surface area contributed by atoms with E-state index in [0.29, 0.717) is 11.3 Å². The van der Waals surface area contributed by atoms with Gasteiger partial charge in [0.25, 0.3) is 0 Å². The summed E-state index contributed by atoms with van der Waals surface area (Å²) in [5, 5.41) is 0. The minimum atomic E-state index is -0.592. The second kappa shape index (κ2) is 8.94. The van der Waals surface area contributed by atoms with Crippen molar-refractivity contribution in [3.63, 3.8) is 0 Å². The summed E-state index contributed by atoms with van der Waals surface area (Å²) < 4.78 is 18.1. The fourth-order valence-corrected chi connectivity index (χ4v) is 2.45. The maximum atomic E-state index is 13.2. The summed E-state index contributed by atoms with van der Waals surface area (Å²) in [6.45, 7) is 8.11. The molecule has 0 radical (unpaired) electrons. The molecular formula is C21H22FNO3. The molecule has 0 aliphatic heterocycles. The number of hydrogen-bond acceptors (Lipinski definition) is 3. The van der Waals surface area contributed by atoms with E-state index in [1.807, 2.05) is 31.2 Å². The first-order chi connectivity index (χ1) is 12.4. The summed E-state index contributed by atoms with van der Waals surface area (Å²) in [5.74, 6) is -1.42. The Hall–Kier alpha value is -2.95. The topological polar surface area (TPSA) is 46.6 Å². The standard InChI is InChI=1S/C21H22FNO3/c1-4-26-21(25)13-20(24)23(19-11-9-18(22)10-12-19)14-16(3)17-7-5-15(2)6-8-17/h5-12H,3-4,13-14H2,1-2H3. The first-order valence-electron chi connectivity index (χ1n) is 8.37. The molecule has 0 aliphatic carbocycles. The average molecular weight is 355 g/mol. The van der Waals surface area contributed by atoms with Crippen LogP contribution in [0.1, 0.15) is 24.5 Å². The molecule has 0 heterocycles. The maximum Gasteiger partial charge on any atom is 0.315 e.